The molecule has 2 N–H and O–H groups in total. The summed E-state index contributed by atoms with van der Waals surface area (Å²) < 4.78 is 0.832. The second kappa shape index (κ2) is 7.75. The van der Waals surface area contributed by atoms with Crippen LogP contribution in [0.25, 0.3) is 0 Å². The summed E-state index contributed by atoms with van der Waals surface area (Å²) in [7, 11) is 0. The largest absolute Gasteiger partial charge is 0.480 e. The zero-order chi connectivity index (χ0) is 15.9. The number of carbonyl (C=O) groups is 2. The van der Waals surface area contributed by atoms with Crippen molar-refractivity contribution in [1.29, 1.82) is 0 Å². The first kappa shape index (κ1) is 16.2. The molecule has 1 atom stereocenters. The van der Waals surface area contributed by atoms with E-state index in [9.17, 15) is 14.7 Å². The summed E-state index contributed by atoms with van der Waals surface area (Å²) in [6, 6.07) is 15.7. The number of carboxylic acid groups (broad SMARTS) is 1. The lowest BCUT2D eigenvalue weighted by atomic mass is 10.1. The number of hydrogen-bond acceptors (Lipinski definition) is 2. The van der Waals surface area contributed by atoms with E-state index < -0.39 is 12.0 Å². The maximum atomic E-state index is 12.0. The number of hydrogen-bond donors (Lipinski definition) is 2. The number of aliphatic carboxylic acids is 1. The van der Waals surface area contributed by atoms with Crippen LogP contribution in [-0.4, -0.2) is 23.0 Å². The summed E-state index contributed by atoms with van der Waals surface area (Å²) in [6.45, 7) is 0. The average Bonchev–Trinajstić information content (AvgIpc) is 2.49. The molecule has 0 aliphatic rings. The van der Waals surface area contributed by atoms with Gasteiger partial charge < -0.3 is 10.4 Å². The monoisotopic (exact) mass is 361 g/mol. The topological polar surface area (TPSA) is 66.4 Å². The van der Waals surface area contributed by atoms with Crippen molar-refractivity contribution in [2.75, 3.05) is 0 Å². The van der Waals surface area contributed by atoms with Crippen LogP contribution in [0, 0.1) is 0 Å². The Labute approximate surface area is 137 Å². The highest BCUT2D eigenvalue weighted by molar-refractivity contribution is 9.10. The molecule has 4 nitrogen and oxygen atoms in total. The second-order valence-electron chi connectivity index (χ2n) is 4.92. The summed E-state index contributed by atoms with van der Waals surface area (Å²) in [5.74, 6) is -1.34. The molecule has 114 valence electrons. The van der Waals surface area contributed by atoms with Gasteiger partial charge in [-0.3, -0.25) is 4.79 Å². The Morgan fingerprint density at radius 3 is 2.32 bits per heavy atom. The Morgan fingerprint density at radius 2 is 1.68 bits per heavy atom. The number of carbonyl (C=O) groups excluding carboxylic acids is 1. The predicted octanol–water partition coefficient (Wildman–Crippen LogP) is 2.80. The van der Waals surface area contributed by atoms with E-state index in [1.165, 1.54) is 0 Å². The summed E-state index contributed by atoms with van der Waals surface area (Å²) in [6.07, 6.45) is 0.401. The third kappa shape index (κ3) is 4.70. The molecule has 2 aromatic rings. The van der Waals surface area contributed by atoms with Crippen LogP contribution in [0.2, 0.25) is 0 Å². The zero-order valence-corrected chi connectivity index (χ0v) is 13.4. The van der Waals surface area contributed by atoms with Crippen molar-refractivity contribution >= 4 is 27.8 Å². The second-order valence-corrected chi connectivity index (χ2v) is 5.77. The maximum absolute atomic E-state index is 12.0. The van der Waals surface area contributed by atoms with Crippen molar-refractivity contribution in [2.45, 2.75) is 18.9 Å². The molecule has 0 aromatic heterocycles. The molecule has 0 fully saturated rings. The van der Waals surface area contributed by atoms with E-state index in [4.69, 9.17) is 0 Å². The third-order valence-electron chi connectivity index (χ3n) is 3.22. The van der Waals surface area contributed by atoms with Crippen LogP contribution >= 0.6 is 15.9 Å². The van der Waals surface area contributed by atoms with Gasteiger partial charge in [-0.1, -0.05) is 64.5 Å². The van der Waals surface area contributed by atoms with Gasteiger partial charge in [0.15, 0.2) is 0 Å². The van der Waals surface area contributed by atoms with E-state index in [0.717, 1.165) is 15.6 Å². The molecule has 0 aliphatic carbocycles. The van der Waals surface area contributed by atoms with E-state index in [1.54, 1.807) is 0 Å². The minimum absolute atomic E-state index is 0.167. The molecular formula is C17H16BrNO3. The summed E-state index contributed by atoms with van der Waals surface area (Å²) in [5.41, 5.74) is 1.69. The minimum Gasteiger partial charge on any atom is -0.480 e. The molecule has 0 bridgehead atoms. The van der Waals surface area contributed by atoms with Gasteiger partial charge in [-0.15, -0.1) is 0 Å². The van der Waals surface area contributed by atoms with Gasteiger partial charge in [0.05, 0.1) is 6.42 Å². The number of nitrogens with one attached hydrogen (secondary N) is 1. The smallest absolute Gasteiger partial charge is 0.326 e. The number of rotatable bonds is 6. The molecule has 0 aliphatic heterocycles. The fourth-order valence-electron chi connectivity index (χ4n) is 2.11. The van der Waals surface area contributed by atoms with Crippen molar-refractivity contribution < 1.29 is 14.7 Å². The molecule has 2 rings (SSSR count). The minimum atomic E-state index is -1.04. The normalized spacial score (nSPS) is 11.7. The highest BCUT2D eigenvalue weighted by Crippen LogP contribution is 2.17. The molecule has 0 unspecified atom stereocenters. The standard InChI is InChI=1S/C17H16BrNO3/c18-14-9-5-4-8-13(14)11-15(17(21)22)19-16(20)10-12-6-2-1-3-7-12/h1-9,15H,10-11H2,(H,19,20)(H,21,22)/t15-/m1/s1. The molecule has 0 heterocycles. The van der Waals surface area contributed by atoms with Gasteiger partial charge in [-0.25, -0.2) is 4.79 Å². The average molecular weight is 362 g/mol. The molecule has 0 spiro atoms. The van der Waals surface area contributed by atoms with Crippen molar-refractivity contribution in [3.63, 3.8) is 0 Å². The number of halogens is 1. The quantitative estimate of drug-likeness (QED) is 0.831. The van der Waals surface area contributed by atoms with Gasteiger partial charge in [-0.2, -0.15) is 0 Å². The first-order valence-corrected chi connectivity index (χ1v) is 7.65. The van der Waals surface area contributed by atoms with Crippen molar-refractivity contribution in [1.82, 2.24) is 5.32 Å². The summed E-state index contributed by atoms with van der Waals surface area (Å²) >= 11 is 3.39. The molecule has 1 amide bonds. The van der Waals surface area contributed by atoms with Crippen LogP contribution in [0.1, 0.15) is 11.1 Å². The Hall–Kier alpha value is -2.14. The SMILES string of the molecule is O=C(Cc1ccccc1)N[C@H](Cc1ccccc1Br)C(=O)O. The van der Waals surface area contributed by atoms with E-state index in [-0.39, 0.29) is 18.7 Å². The first-order chi connectivity index (χ1) is 10.6. The molecule has 5 heteroatoms. The zero-order valence-electron chi connectivity index (χ0n) is 11.8. The van der Waals surface area contributed by atoms with Gasteiger partial charge in [-0.05, 0) is 17.2 Å². The van der Waals surface area contributed by atoms with E-state index in [0.29, 0.717) is 0 Å². The first-order valence-electron chi connectivity index (χ1n) is 6.86. The maximum Gasteiger partial charge on any atom is 0.326 e. The van der Waals surface area contributed by atoms with E-state index in [2.05, 4.69) is 21.2 Å². The van der Waals surface area contributed by atoms with Gasteiger partial charge in [0, 0.05) is 10.9 Å². The molecule has 0 saturated heterocycles. The van der Waals surface area contributed by atoms with Gasteiger partial charge in [0.1, 0.15) is 6.04 Å². The van der Waals surface area contributed by atoms with Crippen LogP contribution in [0.4, 0.5) is 0 Å². The molecule has 0 radical (unpaired) electrons. The summed E-state index contributed by atoms with van der Waals surface area (Å²) in [4.78, 5) is 23.4. The van der Waals surface area contributed by atoms with Gasteiger partial charge >= 0.3 is 5.97 Å². The van der Waals surface area contributed by atoms with Crippen molar-refractivity contribution in [3.05, 3.63) is 70.2 Å². The predicted molar refractivity (Wildman–Crippen MR) is 87.6 cm³/mol. The molecule has 22 heavy (non-hydrogen) atoms. The van der Waals surface area contributed by atoms with Crippen LogP contribution in [0.15, 0.2) is 59.1 Å². The van der Waals surface area contributed by atoms with E-state index in [1.807, 2.05) is 54.6 Å². The molecule has 0 saturated carbocycles. The number of amides is 1. The lowest BCUT2D eigenvalue weighted by molar-refractivity contribution is -0.141. The van der Waals surface area contributed by atoms with Crippen LogP contribution in [0.5, 0.6) is 0 Å². The van der Waals surface area contributed by atoms with Crippen LogP contribution in [0.3, 0.4) is 0 Å². The van der Waals surface area contributed by atoms with Crippen LogP contribution in [-0.2, 0) is 22.4 Å². The van der Waals surface area contributed by atoms with Crippen LogP contribution < -0.4 is 5.32 Å². The highest BCUT2D eigenvalue weighted by Gasteiger charge is 2.21. The molecular weight excluding hydrogens is 346 g/mol. The van der Waals surface area contributed by atoms with E-state index >= 15 is 0 Å². The Morgan fingerprint density at radius 1 is 1.05 bits per heavy atom. The van der Waals surface area contributed by atoms with Crippen molar-refractivity contribution in [2.24, 2.45) is 0 Å². The van der Waals surface area contributed by atoms with Crippen molar-refractivity contribution in [3.8, 4) is 0 Å². The van der Waals surface area contributed by atoms with Gasteiger partial charge in [0.25, 0.3) is 0 Å². The Bertz CT molecular complexity index is 658. The summed E-state index contributed by atoms with van der Waals surface area (Å²) in [5, 5.41) is 11.9. The number of benzene rings is 2. The number of carboxylic acids is 1. The fraction of sp³-hybridized carbons (Fsp3) is 0.176. The lowest BCUT2D eigenvalue weighted by Gasteiger charge is -2.15. The van der Waals surface area contributed by atoms with Gasteiger partial charge in [0.2, 0.25) is 5.91 Å². The lowest BCUT2D eigenvalue weighted by Crippen LogP contribution is -2.43. The Balaban J connectivity index is 2.01. The Kier molecular flexibility index (Phi) is 5.72. The third-order valence-corrected chi connectivity index (χ3v) is 4.00. The highest BCUT2D eigenvalue weighted by atomic mass is 79.9. The fourth-order valence-corrected chi connectivity index (χ4v) is 2.56. The molecule has 2 aromatic carbocycles.